The van der Waals surface area contributed by atoms with Crippen LogP contribution in [0.1, 0.15) is 22.8 Å². The molecule has 0 N–H and O–H groups in total. The number of carbonyl (C=O) groups excluding carboxylic acids is 1. The Morgan fingerprint density at radius 2 is 2.23 bits per heavy atom. The van der Waals surface area contributed by atoms with Crippen molar-refractivity contribution < 1.29 is 9.18 Å². The Bertz CT molecular complexity index is 349. The number of aryl methyl sites for hydroxylation is 1. The molecule has 0 aliphatic carbocycles. The first kappa shape index (κ1) is 9.51. The number of amides is 1. The largest absolute Gasteiger partial charge is 0.319 e. The van der Waals surface area contributed by atoms with Crippen LogP contribution < -0.4 is 0 Å². The molecule has 4 heteroatoms. The minimum atomic E-state index is -1.07. The molecule has 0 aliphatic heterocycles. The second-order valence-electron chi connectivity index (χ2n) is 2.56. The lowest BCUT2D eigenvalue weighted by Gasteiger charge is -1.99. The van der Waals surface area contributed by atoms with Gasteiger partial charge in [-0.25, -0.2) is 4.39 Å². The molecule has 0 aromatic heterocycles. The summed E-state index contributed by atoms with van der Waals surface area (Å²) in [7, 11) is 0. The number of hydrogen-bond donors (Lipinski definition) is 0. The maximum absolute atomic E-state index is 13.1. The molecule has 1 aromatic carbocycles. The lowest BCUT2D eigenvalue weighted by Crippen LogP contribution is -1.98. The van der Waals surface area contributed by atoms with Crippen molar-refractivity contribution in [3.8, 4) is 0 Å². The molecule has 0 aliphatic rings. The van der Waals surface area contributed by atoms with Gasteiger partial charge in [0.05, 0.1) is 5.56 Å². The van der Waals surface area contributed by atoms with Gasteiger partial charge in [0.25, 0.3) is 0 Å². The van der Waals surface area contributed by atoms with Crippen LogP contribution in [0.25, 0.3) is 0 Å². The van der Waals surface area contributed by atoms with Crippen molar-refractivity contribution in [3.05, 3.63) is 40.1 Å². The van der Waals surface area contributed by atoms with Gasteiger partial charge in [-0.05, 0) is 24.1 Å². The summed E-state index contributed by atoms with van der Waals surface area (Å²) in [6, 6.07) is 4.11. The monoisotopic (exact) mass is 181 g/mol. The molecule has 0 heterocycles. The highest BCUT2D eigenvalue weighted by molar-refractivity contribution is 5.95. The van der Waals surface area contributed by atoms with Crippen LogP contribution in [0, 0.1) is 10.7 Å². The van der Waals surface area contributed by atoms with Gasteiger partial charge in [0.15, 0.2) is 0 Å². The molecule has 0 unspecified atom stereocenters. The number of carbonyl (C=O) groups is 1. The lowest BCUT2D eigenvalue weighted by atomic mass is 10.1. The highest BCUT2D eigenvalue weighted by Gasteiger charge is 2.11. The summed E-state index contributed by atoms with van der Waals surface area (Å²) >= 11 is 0. The normalized spacial score (nSPS) is 9.69. The fraction of sp³-hybridized carbons (Fsp3) is 0.222. The standard InChI is InChI=1S/C9H8FNO2/c1-2-6-3-4-7(8(10)5-6)9(12)11-13/h3-5H,2H2,1H3. The second kappa shape index (κ2) is 3.89. The first-order chi connectivity index (χ1) is 6.19. The van der Waals surface area contributed by atoms with Crippen molar-refractivity contribution in [2.24, 2.45) is 5.18 Å². The van der Waals surface area contributed by atoms with E-state index in [0.29, 0.717) is 6.42 Å². The van der Waals surface area contributed by atoms with E-state index >= 15 is 0 Å². The van der Waals surface area contributed by atoms with Gasteiger partial charge >= 0.3 is 5.91 Å². The molecule has 13 heavy (non-hydrogen) atoms. The highest BCUT2D eigenvalue weighted by atomic mass is 19.1. The van der Waals surface area contributed by atoms with Crippen LogP contribution in [-0.2, 0) is 6.42 Å². The summed E-state index contributed by atoms with van der Waals surface area (Å²) in [5.74, 6) is -1.76. The van der Waals surface area contributed by atoms with Crippen LogP contribution in [0.15, 0.2) is 23.4 Å². The van der Waals surface area contributed by atoms with Crippen molar-refractivity contribution in [1.29, 1.82) is 0 Å². The molecule has 0 fully saturated rings. The number of halogens is 1. The Kier molecular flexibility index (Phi) is 2.84. The molecule has 0 spiro atoms. The summed E-state index contributed by atoms with van der Waals surface area (Å²) in [4.78, 5) is 20.6. The number of benzene rings is 1. The lowest BCUT2D eigenvalue weighted by molar-refractivity contribution is 0.0997. The predicted molar refractivity (Wildman–Crippen MR) is 45.9 cm³/mol. The molecule has 0 radical (unpaired) electrons. The Morgan fingerprint density at radius 3 is 2.69 bits per heavy atom. The molecule has 0 saturated heterocycles. The van der Waals surface area contributed by atoms with E-state index in [9.17, 15) is 14.1 Å². The van der Waals surface area contributed by atoms with Gasteiger partial charge in [0.2, 0.25) is 0 Å². The van der Waals surface area contributed by atoms with Crippen molar-refractivity contribution in [1.82, 2.24) is 0 Å². The third-order valence-corrected chi connectivity index (χ3v) is 1.76. The molecule has 0 saturated carbocycles. The highest BCUT2D eigenvalue weighted by Crippen LogP contribution is 2.11. The van der Waals surface area contributed by atoms with Crippen LogP contribution >= 0.6 is 0 Å². The third kappa shape index (κ3) is 1.96. The predicted octanol–water partition coefficient (Wildman–Crippen LogP) is 2.29. The van der Waals surface area contributed by atoms with Gasteiger partial charge < -0.3 is 0 Å². The quantitative estimate of drug-likeness (QED) is 0.657. The zero-order valence-corrected chi connectivity index (χ0v) is 7.08. The maximum Gasteiger partial charge on any atom is 0.319 e. The molecule has 0 atom stereocenters. The van der Waals surface area contributed by atoms with Crippen LogP contribution in [0.4, 0.5) is 4.39 Å². The number of rotatable bonds is 2. The Morgan fingerprint density at radius 1 is 1.54 bits per heavy atom. The van der Waals surface area contributed by atoms with Gasteiger partial charge in [0.1, 0.15) is 5.82 Å². The Hall–Kier alpha value is -1.58. The van der Waals surface area contributed by atoms with Crippen molar-refractivity contribution in [3.63, 3.8) is 0 Å². The van der Waals surface area contributed by atoms with E-state index < -0.39 is 11.7 Å². The molecule has 1 aromatic rings. The molecule has 68 valence electrons. The first-order valence-electron chi connectivity index (χ1n) is 3.85. The summed E-state index contributed by atoms with van der Waals surface area (Å²) in [6.07, 6.45) is 0.680. The van der Waals surface area contributed by atoms with Gasteiger partial charge in [-0.1, -0.05) is 13.0 Å². The first-order valence-corrected chi connectivity index (χ1v) is 3.85. The van der Waals surface area contributed by atoms with Crippen LogP contribution in [-0.4, -0.2) is 5.91 Å². The minimum absolute atomic E-state index is 0.271. The maximum atomic E-state index is 13.1. The summed E-state index contributed by atoms with van der Waals surface area (Å²) in [6.45, 7) is 1.87. The smallest absolute Gasteiger partial charge is 0.263 e. The molecule has 1 rings (SSSR count). The van der Waals surface area contributed by atoms with E-state index in [-0.39, 0.29) is 5.56 Å². The third-order valence-electron chi connectivity index (χ3n) is 1.76. The fourth-order valence-corrected chi connectivity index (χ4v) is 1.00. The van der Waals surface area contributed by atoms with E-state index in [1.54, 1.807) is 6.07 Å². The van der Waals surface area contributed by atoms with Gasteiger partial charge in [-0.3, -0.25) is 4.79 Å². The number of hydrogen-bond acceptors (Lipinski definition) is 2. The van der Waals surface area contributed by atoms with Gasteiger partial charge in [0, 0.05) is 5.18 Å². The second-order valence-corrected chi connectivity index (χ2v) is 2.56. The molecular formula is C9H8FNO2. The van der Waals surface area contributed by atoms with Crippen molar-refractivity contribution >= 4 is 5.91 Å². The van der Waals surface area contributed by atoms with Crippen LogP contribution in [0.2, 0.25) is 0 Å². The van der Waals surface area contributed by atoms with E-state index in [1.165, 1.54) is 12.1 Å². The van der Waals surface area contributed by atoms with E-state index in [4.69, 9.17) is 0 Å². The van der Waals surface area contributed by atoms with Crippen LogP contribution in [0.3, 0.4) is 0 Å². The average molecular weight is 181 g/mol. The number of nitroso groups, excluding NO2 is 1. The summed E-state index contributed by atoms with van der Waals surface area (Å²) in [5, 5.41) is 2.15. The number of nitrogens with zero attached hydrogens (tertiary/aromatic N) is 1. The fourth-order valence-electron chi connectivity index (χ4n) is 1.00. The Balaban J connectivity index is 3.12. The molecule has 3 nitrogen and oxygen atoms in total. The minimum Gasteiger partial charge on any atom is -0.263 e. The van der Waals surface area contributed by atoms with E-state index in [1.807, 2.05) is 6.92 Å². The topological polar surface area (TPSA) is 46.5 Å². The Labute approximate surface area is 74.5 Å². The molecule has 0 bridgehead atoms. The zero-order valence-electron chi connectivity index (χ0n) is 7.08. The zero-order chi connectivity index (χ0) is 9.84. The van der Waals surface area contributed by atoms with Gasteiger partial charge in [-0.15, -0.1) is 4.91 Å². The van der Waals surface area contributed by atoms with Crippen molar-refractivity contribution in [2.75, 3.05) is 0 Å². The molecular weight excluding hydrogens is 173 g/mol. The van der Waals surface area contributed by atoms with E-state index in [0.717, 1.165) is 5.56 Å². The summed E-state index contributed by atoms with van der Waals surface area (Å²) < 4.78 is 13.1. The average Bonchev–Trinajstić information content (AvgIpc) is 2.16. The van der Waals surface area contributed by atoms with Gasteiger partial charge in [-0.2, -0.15) is 0 Å². The van der Waals surface area contributed by atoms with Crippen molar-refractivity contribution in [2.45, 2.75) is 13.3 Å². The van der Waals surface area contributed by atoms with Crippen LogP contribution in [0.5, 0.6) is 0 Å². The summed E-state index contributed by atoms with van der Waals surface area (Å²) in [5.41, 5.74) is 0.507. The SMILES string of the molecule is CCc1ccc(C(=O)N=O)c(F)c1. The molecule has 1 amide bonds. The van der Waals surface area contributed by atoms with E-state index in [2.05, 4.69) is 5.18 Å².